The summed E-state index contributed by atoms with van der Waals surface area (Å²) in [5, 5.41) is 9.02. The van der Waals surface area contributed by atoms with Crippen molar-refractivity contribution in [2.24, 2.45) is 0 Å². The largest absolute Gasteiger partial charge is 0.479 e. The molecule has 0 bridgehead atoms. The molecule has 0 spiro atoms. The highest BCUT2D eigenvalue weighted by molar-refractivity contribution is 5.90. The van der Waals surface area contributed by atoms with E-state index in [1.54, 1.807) is 0 Å². The lowest BCUT2D eigenvalue weighted by Crippen LogP contribution is -2.56. The Kier molecular flexibility index (Phi) is 3.36. The number of terminal acetylenes is 1. The first-order chi connectivity index (χ1) is 7.75. The number of halogens is 3. The van der Waals surface area contributed by atoms with Gasteiger partial charge in [0.1, 0.15) is 0 Å². The minimum Gasteiger partial charge on any atom is -0.479 e. The van der Waals surface area contributed by atoms with Crippen LogP contribution in [-0.4, -0.2) is 40.1 Å². The number of carboxylic acid groups (broad SMARTS) is 1. The average molecular weight is 249 g/mol. The van der Waals surface area contributed by atoms with Crippen LogP contribution in [0.25, 0.3) is 0 Å². The van der Waals surface area contributed by atoms with E-state index in [4.69, 9.17) is 11.5 Å². The summed E-state index contributed by atoms with van der Waals surface area (Å²) in [7, 11) is 0. The molecule has 1 atom stereocenters. The second-order valence-corrected chi connectivity index (χ2v) is 3.78. The van der Waals surface area contributed by atoms with E-state index in [2.05, 4.69) is 0 Å². The summed E-state index contributed by atoms with van der Waals surface area (Å²) in [4.78, 5) is 22.6. The van der Waals surface area contributed by atoms with Gasteiger partial charge in [0.25, 0.3) is 0 Å². The highest BCUT2D eigenvalue weighted by Crippen LogP contribution is 2.35. The third-order valence-electron chi connectivity index (χ3n) is 2.77. The zero-order valence-electron chi connectivity index (χ0n) is 8.75. The Balaban J connectivity index is 3.11. The Morgan fingerprint density at radius 1 is 1.47 bits per heavy atom. The molecule has 1 rings (SSSR count). The van der Waals surface area contributed by atoms with Crippen molar-refractivity contribution < 1.29 is 27.9 Å². The monoisotopic (exact) mass is 249 g/mol. The summed E-state index contributed by atoms with van der Waals surface area (Å²) in [5.74, 6) is -1.61. The lowest BCUT2D eigenvalue weighted by molar-refractivity contribution is -0.192. The van der Waals surface area contributed by atoms with Gasteiger partial charge in [-0.3, -0.25) is 4.79 Å². The number of rotatable bonds is 2. The van der Waals surface area contributed by atoms with Gasteiger partial charge in [0, 0.05) is 13.0 Å². The quantitative estimate of drug-likeness (QED) is 0.743. The lowest BCUT2D eigenvalue weighted by Gasteiger charge is -2.33. The molecule has 1 unspecified atom stereocenters. The highest BCUT2D eigenvalue weighted by Gasteiger charge is 2.55. The molecule has 1 fully saturated rings. The zero-order chi connectivity index (χ0) is 13.3. The minimum absolute atomic E-state index is 0.0612. The van der Waals surface area contributed by atoms with Gasteiger partial charge in [-0.1, -0.05) is 0 Å². The molecular weight excluding hydrogens is 239 g/mol. The van der Waals surface area contributed by atoms with Gasteiger partial charge < -0.3 is 10.0 Å². The molecule has 1 aliphatic heterocycles. The number of nitrogens with zero attached hydrogens (tertiary/aromatic N) is 1. The third kappa shape index (κ3) is 2.20. The van der Waals surface area contributed by atoms with Gasteiger partial charge in [-0.15, -0.1) is 12.3 Å². The van der Waals surface area contributed by atoms with E-state index in [1.807, 2.05) is 5.92 Å². The standard InChI is InChI=1S/C10H10F3NO3/c1-2-4-9(8(16)17)5-3-6-14(9)7(15)10(11,12)13/h1H,3-6H2,(H,16,17). The van der Waals surface area contributed by atoms with Gasteiger partial charge in [-0.05, 0) is 12.8 Å². The number of amides is 1. The molecule has 1 saturated heterocycles. The fourth-order valence-corrected chi connectivity index (χ4v) is 1.98. The van der Waals surface area contributed by atoms with Gasteiger partial charge in [-0.2, -0.15) is 13.2 Å². The Hall–Kier alpha value is -1.71. The van der Waals surface area contributed by atoms with Gasteiger partial charge in [0.2, 0.25) is 0 Å². The molecule has 0 aliphatic carbocycles. The number of carboxylic acids is 1. The first kappa shape index (κ1) is 13.4. The summed E-state index contributed by atoms with van der Waals surface area (Å²) < 4.78 is 36.9. The molecule has 1 heterocycles. The molecule has 0 aromatic heterocycles. The molecule has 0 aromatic rings. The van der Waals surface area contributed by atoms with Crippen molar-refractivity contribution in [3.63, 3.8) is 0 Å². The van der Waals surface area contributed by atoms with Crippen LogP contribution in [0.2, 0.25) is 0 Å². The summed E-state index contributed by atoms with van der Waals surface area (Å²) in [6.45, 7) is -0.244. The van der Waals surface area contributed by atoms with Crippen molar-refractivity contribution in [1.82, 2.24) is 4.90 Å². The molecule has 1 aliphatic rings. The van der Waals surface area contributed by atoms with Gasteiger partial charge in [0.15, 0.2) is 5.54 Å². The van der Waals surface area contributed by atoms with Crippen LogP contribution in [0.5, 0.6) is 0 Å². The molecule has 4 nitrogen and oxygen atoms in total. The topological polar surface area (TPSA) is 57.6 Å². The number of carbonyl (C=O) groups excluding carboxylic acids is 1. The molecule has 1 amide bonds. The van der Waals surface area contributed by atoms with Crippen molar-refractivity contribution >= 4 is 11.9 Å². The van der Waals surface area contributed by atoms with E-state index in [-0.39, 0.29) is 19.4 Å². The van der Waals surface area contributed by atoms with Crippen LogP contribution >= 0.6 is 0 Å². The summed E-state index contributed by atoms with van der Waals surface area (Å²) in [5.41, 5.74) is -1.92. The highest BCUT2D eigenvalue weighted by atomic mass is 19.4. The maximum absolute atomic E-state index is 12.3. The Morgan fingerprint density at radius 2 is 2.06 bits per heavy atom. The maximum atomic E-state index is 12.3. The molecule has 0 radical (unpaired) electrons. The Labute approximate surface area is 95.4 Å². The van der Waals surface area contributed by atoms with Gasteiger partial charge in [0.05, 0.1) is 0 Å². The molecule has 17 heavy (non-hydrogen) atoms. The second kappa shape index (κ2) is 4.28. The molecular formula is C10H10F3NO3. The summed E-state index contributed by atoms with van der Waals surface area (Å²) in [6.07, 6.45) is -0.411. The fraction of sp³-hybridized carbons (Fsp3) is 0.600. The SMILES string of the molecule is C#CCC1(C(=O)O)CCCN1C(=O)C(F)(F)F. The van der Waals surface area contributed by atoms with Crippen LogP contribution in [0, 0.1) is 12.3 Å². The minimum atomic E-state index is -5.08. The van der Waals surface area contributed by atoms with E-state index < -0.39 is 30.0 Å². The number of alkyl halides is 3. The van der Waals surface area contributed by atoms with Gasteiger partial charge >= 0.3 is 18.1 Å². The molecule has 7 heteroatoms. The smallest absolute Gasteiger partial charge is 0.471 e. The van der Waals surface area contributed by atoms with Crippen LogP contribution in [-0.2, 0) is 9.59 Å². The molecule has 94 valence electrons. The Bertz CT molecular complexity index is 385. The van der Waals surface area contributed by atoms with Crippen LogP contribution in [0.1, 0.15) is 19.3 Å². The lowest BCUT2D eigenvalue weighted by atomic mass is 9.92. The predicted octanol–water partition coefficient (Wildman–Crippen LogP) is 1.02. The first-order valence-electron chi connectivity index (χ1n) is 4.81. The number of likely N-dealkylation sites (tertiary alicyclic amines) is 1. The van der Waals surface area contributed by atoms with E-state index in [9.17, 15) is 22.8 Å². The normalized spacial score (nSPS) is 24.5. The van der Waals surface area contributed by atoms with Crippen LogP contribution < -0.4 is 0 Å². The average Bonchev–Trinajstić information content (AvgIpc) is 2.60. The van der Waals surface area contributed by atoms with Crippen molar-refractivity contribution in [1.29, 1.82) is 0 Å². The fourth-order valence-electron chi connectivity index (χ4n) is 1.98. The van der Waals surface area contributed by atoms with Crippen molar-refractivity contribution in [2.45, 2.75) is 31.0 Å². The summed E-state index contributed by atoms with van der Waals surface area (Å²) >= 11 is 0. The molecule has 0 saturated carbocycles. The maximum Gasteiger partial charge on any atom is 0.471 e. The van der Waals surface area contributed by atoms with Crippen LogP contribution in [0.4, 0.5) is 13.2 Å². The Morgan fingerprint density at radius 3 is 2.47 bits per heavy atom. The zero-order valence-corrected chi connectivity index (χ0v) is 8.75. The second-order valence-electron chi connectivity index (χ2n) is 3.78. The summed E-state index contributed by atoms with van der Waals surface area (Å²) in [6, 6.07) is 0. The first-order valence-corrected chi connectivity index (χ1v) is 4.81. The van der Waals surface area contributed by atoms with Crippen molar-refractivity contribution in [2.75, 3.05) is 6.54 Å². The number of hydrogen-bond donors (Lipinski definition) is 1. The van der Waals surface area contributed by atoms with E-state index in [1.165, 1.54) is 0 Å². The van der Waals surface area contributed by atoms with Gasteiger partial charge in [-0.25, -0.2) is 4.79 Å². The van der Waals surface area contributed by atoms with Crippen molar-refractivity contribution in [3.8, 4) is 12.3 Å². The van der Waals surface area contributed by atoms with E-state index >= 15 is 0 Å². The van der Waals surface area contributed by atoms with Crippen molar-refractivity contribution in [3.05, 3.63) is 0 Å². The number of aliphatic carboxylic acids is 1. The predicted molar refractivity (Wildman–Crippen MR) is 50.8 cm³/mol. The number of hydrogen-bond acceptors (Lipinski definition) is 2. The number of carbonyl (C=O) groups is 2. The molecule has 1 N–H and O–H groups in total. The van der Waals surface area contributed by atoms with E-state index in [0.717, 1.165) is 0 Å². The third-order valence-corrected chi connectivity index (χ3v) is 2.77. The van der Waals surface area contributed by atoms with Crippen LogP contribution in [0.15, 0.2) is 0 Å². The van der Waals surface area contributed by atoms with Crippen LogP contribution in [0.3, 0.4) is 0 Å². The molecule has 0 aromatic carbocycles. The van der Waals surface area contributed by atoms with E-state index in [0.29, 0.717) is 4.90 Å².